The Kier molecular flexibility index (Phi) is 3.99. The molecule has 5 nitrogen and oxygen atoms in total. The van der Waals surface area contributed by atoms with Crippen molar-refractivity contribution in [3.8, 4) is 0 Å². The molecule has 1 saturated carbocycles. The molecule has 5 heteroatoms. The molecule has 2 N–H and O–H groups in total. The fraction of sp³-hybridized carbons (Fsp3) is 0.833. The Morgan fingerprint density at radius 3 is 3.00 bits per heavy atom. The van der Waals surface area contributed by atoms with Crippen molar-refractivity contribution in [3.05, 3.63) is 0 Å². The van der Waals surface area contributed by atoms with Crippen molar-refractivity contribution in [3.63, 3.8) is 0 Å². The second-order valence-electron chi connectivity index (χ2n) is 4.76. The molecular formula is C12H20N2O3. The van der Waals surface area contributed by atoms with Crippen LogP contribution in [0.25, 0.3) is 0 Å². The summed E-state index contributed by atoms with van der Waals surface area (Å²) < 4.78 is 4.77. The number of esters is 1. The molecule has 3 atom stereocenters. The third-order valence-corrected chi connectivity index (χ3v) is 3.74. The highest BCUT2D eigenvalue weighted by molar-refractivity contribution is 5.86. The van der Waals surface area contributed by atoms with E-state index in [-0.39, 0.29) is 24.5 Å². The van der Waals surface area contributed by atoms with Gasteiger partial charge in [0.1, 0.15) is 6.54 Å². The number of nitrogens with one attached hydrogen (secondary N) is 2. The molecular weight excluding hydrogens is 220 g/mol. The molecule has 0 bridgehead atoms. The average Bonchev–Trinajstić information content (AvgIpc) is 2.87. The summed E-state index contributed by atoms with van der Waals surface area (Å²) in [4.78, 5) is 23.0. The van der Waals surface area contributed by atoms with Crippen LogP contribution in [-0.4, -0.2) is 37.6 Å². The molecule has 1 aliphatic heterocycles. The molecule has 0 aromatic heterocycles. The maximum atomic E-state index is 11.9. The van der Waals surface area contributed by atoms with Gasteiger partial charge in [0, 0.05) is 0 Å². The van der Waals surface area contributed by atoms with Crippen LogP contribution in [0, 0.1) is 11.8 Å². The van der Waals surface area contributed by atoms with Gasteiger partial charge < -0.3 is 15.4 Å². The molecule has 0 spiro atoms. The van der Waals surface area contributed by atoms with Gasteiger partial charge in [-0.2, -0.15) is 0 Å². The van der Waals surface area contributed by atoms with Crippen molar-refractivity contribution in [1.29, 1.82) is 0 Å². The summed E-state index contributed by atoms with van der Waals surface area (Å²) in [6, 6.07) is -0.114. The van der Waals surface area contributed by atoms with E-state index in [2.05, 4.69) is 10.6 Å². The van der Waals surface area contributed by atoms with Gasteiger partial charge in [0.05, 0.1) is 12.6 Å². The lowest BCUT2D eigenvalue weighted by Crippen LogP contribution is -2.45. The number of hydrogen-bond donors (Lipinski definition) is 2. The fourth-order valence-electron chi connectivity index (χ4n) is 2.96. The molecule has 17 heavy (non-hydrogen) atoms. The molecule has 0 radical (unpaired) electrons. The molecule has 2 fully saturated rings. The average molecular weight is 240 g/mol. The molecule has 1 heterocycles. The molecule has 1 saturated heterocycles. The Bertz CT molecular complexity index is 306. The molecule has 96 valence electrons. The minimum Gasteiger partial charge on any atom is -0.465 e. The van der Waals surface area contributed by atoms with Gasteiger partial charge in [-0.15, -0.1) is 0 Å². The molecule has 0 aromatic rings. The summed E-state index contributed by atoms with van der Waals surface area (Å²) in [5.74, 6) is 0.666. The summed E-state index contributed by atoms with van der Waals surface area (Å²) in [5, 5.41) is 5.90. The fourth-order valence-corrected chi connectivity index (χ4v) is 2.96. The highest BCUT2D eigenvalue weighted by Gasteiger charge is 2.42. The van der Waals surface area contributed by atoms with Crippen LogP contribution in [0.3, 0.4) is 0 Å². The van der Waals surface area contributed by atoms with E-state index >= 15 is 0 Å². The number of hydrogen-bond acceptors (Lipinski definition) is 4. The molecule has 0 aromatic carbocycles. The lowest BCUT2D eigenvalue weighted by atomic mass is 9.94. The molecule has 2 rings (SSSR count). The first kappa shape index (κ1) is 12.4. The van der Waals surface area contributed by atoms with Crippen LogP contribution in [0.15, 0.2) is 0 Å². The normalized spacial score (nSPS) is 31.0. The largest absolute Gasteiger partial charge is 0.465 e. The summed E-state index contributed by atoms with van der Waals surface area (Å²) >= 11 is 0. The molecule has 1 aliphatic carbocycles. The predicted molar refractivity (Wildman–Crippen MR) is 62.3 cm³/mol. The Morgan fingerprint density at radius 2 is 2.24 bits per heavy atom. The van der Waals surface area contributed by atoms with Crippen LogP contribution in [0.2, 0.25) is 0 Å². The highest BCUT2D eigenvalue weighted by Crippen LogP contribution is 2.37. The van der Waals surface area contributed by atoms with Crippen LogP contribution in [-0.2, 0) is 14.3 Å². The second-order valence-corrected chi connectivity index (χ2v) is 4.76. The lowest BCUT2D eigenvalue weighted by molar-refractivity contribution is -0.143. The van der Waals surface area contributed by atoms with Gasteiger partial charge in [-0.3, -0.25) is 9.59 Å². The van der Waals surface area contributed by atoms with Crippen molar-refractivity contribution in [2.24, 2.45) is 11.8 Å². The van der Waals surface area contributed by atoms with Crippen LogP contribution in [0.4, 0.5) is 0 Å². The first-order valence-corrected chi connectivity index (χ1v) is 6.39. The Morgan fingerprint density at radius 1 is 1.41 bits per heavy atom. The molecule has 2 aliphatic rings. The standard InChI is InChI=1S/C12H20N2O3/c1-2-17-10(15)7-14-12(16)11-9-5-3-4-8(9)6-13-11/h8-9,11,13H,2-7H2,1H3,(H,14,16). The van der Waals surface area contributed by atoms with Crippen LogP contribution in [0.1, 0.15) is 26.2 Å². The van der Waals surface area contributed by atoms with Crippen molar-refractivity contribution < 1.29 is 14.3 Å². The number of carbonyl (C=O) groups is 2. The van der Waals surface area contributed by atoms with Crippen molar-refractivity contribution in [2.75, 3.05) is 19.7 Å². The maximum absolute atomic E-state index is 11.9. The van der Waals surface area contributed by atoms with Crippen molar-refractivity contribution in [2.45, 2.75) is 32.2 Å². The molecule has 3 unspecified atom stereocenters. The monoisotopic (exact) mass is 240 g/mol. The van der Waals surface area contributed by atoms with Gasteiger partial charge >= 0.3 is 5.97 Å². The van der Waals surface area contributed by atoms with E-state index in [9.17, 15) is 9.59 Å². The molecule has 1 amide bonds. The zero-order valence-corrected chi connectivity index (χ0v) is 10.2. The summed E-state index contributed by atoms with van der Waals surface area (Å²) in [5.41, 5.74) is 0. The van der Waals surface area contributed by atoms with Crippen LogP contribution >= 0.6 is 0 Å². The SMILES string of the molecule is CCOC(=O)CNC(=O)C1NCC2CCCC21. The zero-order valence-electron chi connectivity index (χ0n) is 10.2. The van der Waals surface area contributed by atoms with Crippen molar-refractivity contribution >= 4 is 11.9 Å². The summed E-state index contributed by atoms with van der Waals surface area (Å²) in [6.45, 7) is 3.01. The Hall–Kier alpha value is -1.10. The third kappa shape index (κ3) is 2.77. The summed E-state index contributed by atoms with van der Waals surface area (Å²) in [7, 11) is 0. The summed E-state index contributed by atoms with van der Waals surface area (Å²) in [6.07, 6.45) is 3.56. The van der Waals surface area contributed by atoms with Crippen molar-refractivity contribution in [1.82, 2.24) is 10.6 Å². The minimum absolute atomic E-state index is 0.0256. The van der Waals surface area contributed by atoms with E-state index in [0.29, 0.717) is 18.4 Å². The zero-order chi connectivity index (χ0) is 12.3. The Labute approximate surface area is 101 Å². The van der Waals surface area contributed by atoms with E-state index in [4.69, 9.17) is 4.74 Å². The van der Waals surface area contributed by atoms with Gasteiger partial charge in [-0.25, -0.2) is 0 Å². The van der Waals surface area contributed by atoms with E-state index in [1.807, 2.05) is 0 Å². The first-order valence-electron chi connectivity index (χ1n) is 6.39. The predicted octanol–water partition coefficient (Wildman–Crippen LogP) is 0.0538. The lowest BCUT2D eigenvalue weighted by Gasteiger charge is -2.17. The number of carbonyl (C=O) groups excluding carboxylic acids is 2. The Balaban J connectivity index is 1.78. The second kappa shape index (κ2) is 5.49. The minimum atomic E-state index is -0.373. The van der Waals surface area contributed by atoms with Gasteiger partial charge in [0.25, 0.3) is 0 Å². The highest BCUT2D eigenvalue weighted by atomic mass is 16.5. The number of fused-ring (bicyclic) bond motifs is 1. The number of amides is 1. The van der Waals surface area contributed by atoms with Gasteiger partial charge in [-0.05, 0) is 38.1 Å². The number of ether oxygens (including phenoxy) is 1. The van der Waals surface area contributed by atoms with E-state index in [1.165, 1.54) is 12.8 Å². The van der Waals surface area contributed by atoms with Gasteiger partial charge in [0.15, 0.2) is 0 Å². The van der Waals surface area contributed by atoms with Crippen LogP contribution < -0.4 is 10.6 Å². The van der Waals surface area contributed by atoms with E-state index in [1.54, 1.807) is 6.92 Å². The number of rotatable bonds is 4. The quantitative estimate of drug-likeness (QED) is 0.682. The van der Waals surface area contributed by atoms with Gasteiger partial charge in [-0.1, -0.05) is 6.42 Å². The van der Waals surface area contributed by atoms with Gasteiger partial charge in [0.2, 0.25) is 5.91 Å². The smallest absolute Gasteiger partial charge is 0.325 e. The van der Waals surface area contributed by atoms with E-state index in [0.717, 1.165) is 13.0 Å². The topological polar surface area (TPSA) is 67.4 Å². The third-order valence-electron chi connectivity index (χ3n) is 3.74. The first-order chi connectivity index (χ1) is 8.22. The van der Waals surface area contributed by atoms with E-state index < -0.39 is 0 Å². The van der Waals surface area contributed by atoms with Crippen LogP contribution in [0.5, 0.6) is 0 Å². The maximum Gasteiger partial charge on any atom is 0.325 e.